The van der Waals surface area contributed by atoms with Gasteiger partial charge in [0.1, 0.15) is 11.6 Å². The fourth-order valence-electron chi connectivity index (χ4n) is 3.18. The van der Waals surface area contributed by atoms with Gasteiger partial charge in [0, 0.05) is 37.6 Å². The molecule has 1 aromatic carbocycles. The van der Waals surface area contributed by atoms with Crippen molar-refractivity contribution in [3.63, 3.8) is 0 Å². The van der Waals surface area contributed by atoms with Gasteiger partial charge in [-0.2, -0.15) is 0 Å². The molecule has 0 unspecified atom stereocenters. The molecule has 0 saturated carbocycles. The summed E-state index contributed by atoms with van der Waals surface area (Å²) in [5, 5.41) is 3.49. The van der Waals surface area contributed by atoms with Crippen molar-refractivity contribution in [2.75, 3.05) is 43.0 Å². The fourth-order valence-corrected chi connectivity index (χ4v) is 3.31. The van der Waals surface area contributed by atoms with Gasteiger partial charge in [-0.25, -0.2) is 4.98 Å². The maximum Gasteiger partial charge on any atom is 0.260 e. The van der Waals surface area contributed by atoms with E-state index in [1.165, 1.54) is 0 Å². The predicted molar refractivity (Wildman–Crippen MR) is 118 cm³/mol. The first-order valence-corrected chi connectivity index (χ1v) is 10.5. The number of halogens is 1. The smallest absolute Gasteiger partial charge is 0.260 e. The molecule has 0 radical (unpaired) electrons. The van der Waals surface area contributed by atoms with E-state index in [1.807, 2.05) is 26.0 Å². The molecule has 0 atom stereocenters. The minimum absolute atomic E-state index is 0.00462. The summed E-state index contributed by atoms with van der Waals surface area (Å²) in [6.07, 6.45) is 2.16. The monoisotopic (exact) mass is 430 g/mol. The van der Waals surface area contributed by atoms with Crippen LogP contribution in [0.4, 0.5) is 11.5 Å². The average Bonchev–Trinajstić information content (AvgIpc) is 2.73. The zero-order valence-electron chi connectivity index (χ0n) is 17.3. The molecule has 0 aliphatic carbocycles. The number of hydrogen-bond acceptors (Lipinski definition) is 5. The van der Waals surface area contributed by atoms with Crippen LogP contribution < -0.4 is 15.0 Å². The van der Waals surface area contributed by atoms with Gasteiger partial charge in [-0.1, -0.05) is 25.4 Å². The van der Waals surface area contributed by atoms with Crippen LogP contribution in [0.2, 0.25) is 5.02 Å². The van der Waals surface area contributed by atoms with Gasteiger partial charge in [-0.3, -0.25) is 9.59 Å². The lowest BCUT2D eigenvalue weighted by molar-refractivity contribution is -0.133. The molecule has 8 heteroatoms. The molecule has 7 nitrogen and oxygen atoms in total. The molecule has 1 aliphatic heterocycles. The first kappa shape index (κ1) is 21.9. The van der Waals surface area contributed by atoms with Crippen LogP contribution in [-0.2, 0) is 9.59 Å². The molecule has 3 rings (SSSR count). The van der Waals surface area contributed by atoms with Crippen LogP contribution in [0.25, 0.3) is 0 Å². The SMILES string of the molecule is CC(C)CC(=O)Nc1ccc(N2CCN(C(=O)COc3ccc(Cl)cc3)CC2)nc1. The van der Waals surface area contributed by atoms with Gasteiger partial charge >= 0.3 is 0 Å². The van der Waals surface area contributed by atoms with E-state index < -0.39 is 0 Å². The number of carbonyl (C=O) groups is 2. The fraction of sp³-hybridized carbons (Fsp3) is 0.409. The highest BCUT2D eigenvalue weighted by molar-refractivity contribution is 6.30. The Bertz CT molecular complexity index is 848. The molecule has 2 amide bonds. The molecule has 0 bridgehead atoms. The number of pyridine rings is 1. The lowest BCUT2D eigenvalue weighted by atomic mass is 10.1. The third-order valence-electron chi connectivity index (χ3n) is 4.76. The van der Waals surface area contributed by atoms with E-state index in [9.17, 15) is 9.59 Å². The Morgan fingerprint density at radius 2 is 1.80 bits per heavy atom. The molecule has 1 saturated heterocycles. The summed E-state index contributed by atoms with van der Waals surface area (Å²) in [6.45, 7) is 6.63. The topological polar surface area (TPSA) is 74.8 Å². The highest BCUT2D eigenvalue weighted by atomic mass is 35.5. The van der Waals surface area contributed by atoms with E-state index in [0.29, 0.717) is 55.0 Å². The Morgan fingerprint density at radius 3 is 2.40 bits per heavy atom. The second-order valence-electron chi connectivity index (χ2n) is 7.66. The summed E-state index contributed by atoms with van der Waals surface area (Å²) in [7, 11) is 0. The normalized spacial score (nSPS) is 14.0. The van der Waals surface area contributed by atoms with Crippen molar-refractivity contribution in [2.24, 2.45) is 5.92 Å². The number of ether oxygens (including phenoxy) is 1. The van der Waals surface area contributed by atoms with Crippen LogP contribution in [0.5, 0.6) is 5.75 Å². The van der Waals surface area contributed by atoms with Crippen LogP contribution in [0.15, 0.2) is 42.6 Å². The Labute approximate surface area is 182 Å². The summed E-state index contributed by atoms with van der Waals surface area (Å²) >= 11 is 5.85. The lowest BCUT2D eigenvalue weighted by Crippen LogP contribution is -2.50. The summed E-state index contributed by atoms with van der Waals surface area (Å²) in [6, 6.07) is 10.7. The molecule has 1 fully saturated rings. The number of rotatable bonds is 7. The summed E-state index contributed by atoms with van der Waals surface area (Å²) in [5.41, 5.74) is 0.692. The Hall–Kier alpha value is -2.80. The van der Waals surface area contributed by atoms with Crippen molar-refractivity contribution in [3.05, 3.63) is 47.6 Å². The van der Waals surface area contributed by atoms with E-state index in [-0.39, 0.29) is 18.4 Å². The van der Waals surface area contributed by atoms with Crippen molar-refractivity contribution < 1.29 is 14.3 Å². The zero-order chi connectivity index (χ0) is 21.5. The quantitative estimate of drug-likeness (QED) is 0.728. The maximum absolute atomic E-state index is 12.4. The number of amides is 2. The van der Waals surface area contributed by atoms with Gasteiger partial charge in [0.25, 0.3) is 5.91 Å². The van der Waals surface area contributed by atoms with Crippen LogP contribution >= 0.6 is 11.6 Å². The van der Waals surface area contributed by atoms with Gasteiger partial charge in [0.05, 0.1) is 11.9 Å². The van der Waals surface area contributed by atoms with E-state index in [0.717, 1.165) is 5.82 Å². The van der Waals surface area contributed by atoms with Gasteiger partial charge < -0.3 is 19.9 Å². The molecule has 0 spiro atoms. The molecule has 1 aromatic heterocycles. The number of piperazine rings is 1. The van der Waals surface area contributed by atoms with Gasteiger partial charge in [-0.15, -0.1) is 0 Å². The van der Waals surface area contributed by atoms with E-state index in [2.05, 4.69) is 15.2 Å². The van der Waals surface area contributed by atoms with Gasteiger partial charge in [-0.05, 0) is 42.3 Å². The minimum Gasteiger partial charge on any atom is -0.484 e. The van der Waals surface area contributed by atoms with Gasteiger partial charge in [0.2, 0.25) is 5.91 Å². The standard InChI is InChI=1S/C22H27ClN4O3/c1-16(2)13-21(28)25-18-5-8-20(24-14-18)26-9-11-27(12-10-26)22(29)15-30-19-6-3-17(23)4-7-19/h3-8,14,16H,9-13,15H2,1-2H3,(H,25,28). The molecule has 30 heavy (non-hydrogen) atoms. The van der Waals surface area contributed by atoms with Crippen LogP contribution in [0, 0.1) is 5.92 Å². The average molecular weight is 431 g/mol. The molecule has 1 aliphatic rings. The number of benzene rings is 1. The number of nitrogens with one attached hydrogen (secondary N) is 1. The third-order valence-corrected chi connectivity index (χ3v) is 5.01. The second-order valence-corrected chi connectivity index (χ2v) is 8.10. The zero-order valence-corrected chi connectivity index (χ0v) is 18.1. The molecular formula is C22H27ClN4O3. The highest BCUT2D eigenvalue weighted by Gasteiger charge is 2.22. The highest BCUT2D eigenvalue weighted by Crippen LogP contribution is 2.18. The first-order valence-electron chi connectivity index (χ1n) is 10.1. The molecule has 2 heterocycles. The van der Waals surface area contributed by atoms with Crippen molar-refractivity contribution in [2.45, 2.75) is 20.3 Å². The minimum atomic E-state index is -0.0410. The van der Waals surface area contributed by atoms with E-state index in [4.69, 9.17) is 16.3 Å². The number of aromatic nitrogens is 1. The van der Waals surface area contributed by atoms with Gasteiger partial charge in [0.15, 0.2) is 6.61 Å². The second kappa shape index (κ2) is 10.3. The first-order chi connectivity index (χ1) is 14.4. The summed E-state index contributed by atoms with van der Waals surface area (Å²) in [5.74, 6) is 1.72. The van der Waals surface area contributed by atoms with Crippen LogP contribution in [0.3, 0.4) is 0 Å². The van der Waals surface area contributed by atoms with E-state index in [1.54, 1.807) is 35.4 Å². The maximum atomic E-state index is 12.4. The Morgan fingerprint density at radius 1 is 1.10 bits per heavy atom. The third kappa shape index (κ3) is 6.35. The Balaban J connectivity index is 1.44. The summed E-state index contributed by atoms with van der Waals surface area (Å²) < 4.78 is 5.55. The van der Waals surface area contributed by atoms with Crippen molar-refractivity contribution in [1.29, 1.82) is 0 Å². The number of anilines is 2. The number of hydrogen-bond donors (Lipinski definition) is 1. The van der Waals surface area contributed by atoms with Crippen molar-refractivity contribution >= 4 is 34.9 Å². The predicted octanol–water partition coefficient (Wildman–Crippen LogP) is 3.45. The van der Waals surface area contributed by atoms with E-state index >= 15 is 0 Å². The summed E-state index contributed by atoms with van der Waals surface area (Å²) in [4.78, 5) is 32.7. The Kier molecular flexibility index (Phi) is 7.52. The number of nitrogens with zero attached hydrogens (tertiary/aromatic N) is 3. The molecular weight excluding hydrogens is 404 g/mol. The number of carbonyl (C=O) groups excluding carboxylic acids is 2. The molecule has 2 aromatic rings. The van der Waals surface area contributed by atoms with Crippen LogP contribution in [0.1, 0.15) is 20.3 Å². The largest absolute Gasteiger partial charge is 0.484 e. The van der Waals surface area contributed by atoms with Crippen molar-refractivity contribution in [1.82, 2.24) is 9.88 Å². The lowest BCUT2D eigenvalue weighted by Gasteiger charge is -2.35. The molecule has 1 N–H and O–H groups in total. The molecule has 160 valence electrons. The van der Waals surface area contributed by atoms with Crippen molar-refractivity contribution in [3.8, 4) is 5.75 Å². The van der Waals surface area contributed by atoms with Crippen LogP contribution in [-0.4, -0.2) is 54.5 Å².